The second kappa shape index (κ2) is 5.13. The van der Waals surface area contributed by atoms with E-state index >= 15 is 0 Å². The molecule has 1 fully saturated rings. The van der Waals surface area contributed by atoms with Gasteiger partial charge in [0.25, 0.3) is 0 Å². The van der Waals surface area contributed by atoms with Gasteiger partial charge in [-0.05, 0) is 31.7 Å². The highest BCUT2D eigenvalue weighted by atomic mass is 32.2. The fourth-order valence-corrected chi connectivity index (χ4v) is 2.59. The molecule has 1 aliphatic heterocycles. The minimum atomic E-state index is -3.45. The number of hydrogen-bond donors (Lipinski definition) is 3. The normalized spacial score (nSPS) is 19.9. The molecule has 1 saturated heterocycles. The summed E-state index contributed by atoms with van der Waals surface area (Å²) in [5, 5.41) is 3.24. The van der Waals surface area contributed by atoms with Crippen LogP contribution >= 0.6 is 0 Å². The molecule has 7 heteroatoms. The van der Waals surface area contributed by atoms with Crippen molar-refractivity contribution in [3.63, 3.8) is 0 Å². The lowest BCUT2D eigenvalue weighted by molar-refractivity contribution is 0.195. The van der Waals surface area contributed by atoms with Gasteiger partial charge in [-0.3, -0.25) is 0 Å². The second-order valence-electron chi connectivity index (χ2n) is 4.16. The lowest BCUT2D eigenvalue weighted by Gasteiger charge is -2.15. The van der Waals surface area contributed by atoms with Crippen molar-refractivity contribution >= 4 is 21.4 Å². The molecule has 4 N–H and O–H groups in total. The Labute approximate surface area is 107 Å². The Kier molecular flexibility index (Phi) is 3.74. The van der Waals surface area contributed by atoms with Gasteiger partial charge in [-0.15, -0.1) is 0 Å². The lowest BCUT2D eigenvalue weighted by Crippen LogP contribution is -2.21. The van der Waals surface area contributed by atoms with E-state index in [2.05, 4.69) is 10.0 Å². The third kappa shape index (κ3) is 2.74. The van der Waals surface area contributed by atoms with E-state index in [9.17, 15) is 8.42 Å². The largest absolute Gasteiger partial charge is 0.397 e. The van der Waals surface area contributed by atoms with Crippen molar-refractivity contribution < 1.29 is 13.2 Å². The summed E-state index contributed by atoms with van der Waals surface area (Å²) in [7, 11) is -2.08. The van der Waals surface area contributed by atoms with Crippen molar-refractivity contribution in [2.45, 2.75) is 17.4 Å². The topological polar surface area (TPSA) is 93.5 Å². The van der Waals surface area contributed by atoms with E-state index in [-0.39, 0.29) is 10.9 Å². The van der Waals surface area contributed by atoms with Crippen molar-refractivity contribution in [3.8, 4) is 0 Å². The molecule has 0 amide bonds. The summed E-state index contributed by atoms with van der Waals surface area (Å²) >= 11 is 0. The van der Waals surface area contributed by atoms with Crippen molar-refractivity contribution in [1.29, 1.82) is 0 Å². The van der Waals surface area contributed by atoms with Crippen LogP contribution in [0.2, 0.25) is 0 Å². The zero-order valence-electron chi connectivity index (χ0n) is 10.1. The summed E-state index contributed by atoms with van der Waals surface area (Å²) in [4.78, 5) is 0.163. The fourth-order valence-electron chi connectivity index (χ4n) is 1.83. The maximum atomic E-state index is 11.6. The van der Waals surface area contributed by atoms with Crippen LogP contribution < -0.4 is 15.8 Å². The molecule has 0 aliphatic carbocycles. The first-order chi connectivity index (χ1) is 8.53. The van der Waals surface area contributed by atoms with Gasteiger partial charge in [0.1, 0.15) is 0 Å². The first-order valence-corrected chi connectivity index (χ1v) is 7.18. The van der Waals surface area contributed by atoms with Crippen LogP contribution in [0.1, 0.15) is 6.42 Å². The second-order valence-corrected chi connectivity index (χ2v) is 6.05. The average molecular weight is 271 g/mol. The molecule has 100 valence electrons. The maximum absolute atomic E-state index is 11.6. The molecule has 0 aromatic heterocycles. The number of anilines is 2. The third-order valence-electron chi connectivity index (χ3n) is 2.89. The predicted molar refractivity (Wildman–Crippen MR) is 69.9 cm³/mol. The molecule has 1 unspecified atom stereocenters. The van der Waals surface area contributed by atoms with Gasteiger partial charge >= 0.3 is 0 Å². The molecule has 0 radical (unpaired) electrons. The number of sulfonamides is 1. The molecule has 0 saturated carbocycles. The Morgan fingerprint density at radius 2 is 2.22 bits per heavy atom. The molecular weight excluding hydrogens is 254 g/mol. The minimum absolute atomic E-state index is 0.163. The summed E-state index contributed by atoms with van der Waals surface area (Å²) in [5.41, 5.74) is 7.01. The predicted octanol–water partition coefficient (Wildman–Crippen LogP) is 0.378. The lowest BCUT2D eigenvalue weighted by atomic mass is 10.2. The van der Waals surface area contributed by atoms with Crippen molar-refractivity contribution in [2.75, 3.05) is 31.3 Å². The minimum Gasteiger partial charge on any atom is -0.397 e. The van der Waals surface area contributed by atoms with Gasteiger partial charge in [0.05, 0.1) is 28.9 Å². The van der Waals surface area contributed by atoms with Crippen LogP contribution in [0.15, 0.2) is 23.1 Å². The van der Waals surface area contributed by atoms with E-state index in [1.54, 1.807) is 6.07 Å². The first-order valence-electron chi connectivity index (χ1n) is 5.70. The van der Waals surface area contributed by atoms with Crippen LogP contribution in [0.5, 0.6) is 0 Å². The highest BCUT2D eigenvalue weighted by molar-refractivity contribution is 7.89. The molecule has 0 spiro atoms. The van der Waals surface area contributed by atoms with Crippen LogP contribution in [-0.2, 0) is 14.8 Å². The number of hydrogen-bond acceptors (Lipinski definition) is 5. The van der Waals surface area contributed by atoms with E-state index < -0.39 is 10.0 Å². The molecule has 6 nitrogen and oxygen atoms in total. The highest BCUT2D eigenvalue weighted by Crippen LogP contribution is 2.24. The van der Waals surface area contributed by atoms with Gasteiger partial charge in [0, 0.05) is 6.61 Å². The third-order valence-corrected chi connectivity index (χ3v) is 4.30. The number of ether oxygens (including phenoxy) is 1. The summed E-state index contributed by atoms with van der Waals surface area (Å²) in [6.07, 6.45) is 0.927. The van der Waals surface area contributed by atoms with Gasteiger partial charge in [0.2, 0.25) is 10.0 Å². The van der Waals surface area contributed by atoms with Crippen LogP contribution in [0.25, 0.3) is 0 Å². The molecule has 1 aromatic rings. The van der Waals surface area contributed by atoms with Crippen molar-refractivity contribution in [2.24, 2.45) is 0 Å². The fraction of sp³-hybridized carbons (Fsp3) is 0.455. The number of benzene rings is 1. The molecule has 1 atom stereocenters. The van der Waals surface area contributed by atoms with Crippen LogP contribution in [0, 0.1) is 0 Å². The number of nitrogens with two attached hydrogens (primary N) is 1. The monoisotopic (exact) mass is 271 g/mol. The molecule has 0 bridgehead atoms. The molecule has 2 rings (SSSR count). The Hall–Kier alpha value is -1.31. The van der Waals surface area contributed by atoms with Gasteiger partial charge in [-0.1, -0.05) is 0 Å². The zero-order valence-corrected chi connectivity index (χ0v) is 11.0. The quantitative estimate of drug-likeness (QED) is 0.688. The van der Waals surface area contributed by atoms with Gasteiger partial charge in [-0.25, -0.2) is 13.1 Å². The first kappa shape index (κ1) is 13.1. The molecule has 1 aliphatic rings. The molecular formula is C11H17N3O3S. The maximum Gasteiger partial charge on any atom is 0.240 e. The zero-order chi connectivity index (χ0) is 13.2. The Balaban J connectivity index is 2.19. The highest BCUT2D eigenvalue weighted by Gasteiger charge is 2.17. The van der Waals surface area contributed by atoms with E-state index in [1.807, 2.05) is 0 Å². The summed E-state index contributed by atoms with van der Waals surface area (Å²) in [6.45, 7) is 1.39. The summed E-state index contributed by atoms with van der Waals surface area (Å²) in [5.74, 6) is 0. The Bertz CT molecular complexity index is 524. The Morgan fingerprint density at radius 1 is 1.44 bits per heavy atom. The van der Waals surface area contributed by atoms with Crippen molar-refractivity contribution in [1.82, 2.24) is 4.72 Å². The van der Waals surface area contributed by atoms with E-state index in [0.29, 0.717) is 12.3 Å². The average Bonchev–Trinajstić information content (AvgIpc) is 2.84. The van der Waals surface area contributed by atoms with E-state index in [1.165, 1.54) is 19.2 Å². The summed E-state index contributed by atoms with van der Waals surface area (Å²) in [6, 6.07) is 4.89. The molecule has 18 heavy (non-hydrogen) atoms. The summed E-state index contributed by atoms with van der Waals surface area (Å²) < 4.78 is 30.7. The van der Waals surface area contributed by atoms with Gasteiger partial charge in [0.15, 0.2) is 0 Å². The smallest absolute Gasteiger partial charge is 0.240 e. The Morgan fingerprint density at radius 3 is 2.78 bits per heavy atom. The van der Waals surface area contributed by atoms with Crippen LogP contribution in [0.3, 0.4) is 0 Å². The van der Waals surface area contributed by atoms with E-state index in [4.69, 9.17) is 10.5 Å². The number of nitrogen functional groups attached to an aromatic ring is 1. The number of nitrogens with one attached hydrogen (secondary N) is 2. The standard InChI is InChI=1S/C11H17N3O3S/c1-13-18(15,16)9-2-3-11(10(12)6-9)14-8-4-5-17-7-8/h2-3,6,8,13-14H,4-5,7,12H2,1H3. The van der Waals surface area contributed by atoms with E-state index in [0.717, 1.165) is 18.7 Å². The van der Waals surface area contributed by atoms with Gasteiger partial charge < -0.3 is 15.8 Å². The van der Waals surface area contributed by atoms with Gasteiger partial charge in [-0.2, -0.15) is 0 Å². The van der Waals surface area contributed by atoms with Crippen LogP contribution in [0.4, 0.5) is 11.4 Å². The van der Waals surface area contributed by atoms with Crippen LogP contribution in [-0.4, -0.2) is 34.7 Å². The van der Waals surface area contributed by atoms with Crippen molar-refractivity contribution in [3.05, 3.63) is 18.2 Å². The molecule has 1 heterocycles. The SMILES string of the molecule is CNS(=O)(=O)c1ccc(NC2CCOC2)c(N)c1. The number of rotatable bonds is 4. The molecule has 1 aromatic carbocycles.